The Kier molecular flexibility index (Phi) is 6.18. The number of carbonyl (C=O) groups is 2. The fraction of sp³-hybridized carbons (Fsp3) is 0.412. The van der Waals surface area contributed by atoms with Crippen LogP contribution in [0.15, 0.2) is 29.8 Å². The van der Waals surface area contributed by atoms with Crippen LogP contribution in [0.2, 0.25) is 0 Å². The lowest BCUT2D eigenvalue weighted by Crippen LogP contribution is -2.17. The van der Waals surface area contributed by atoms with Crippen molar-refractivity contribution in [1.29, 1.82) is 0 Å². The summed E-state index contributed by atoms with van der Waals surface area (Å²) in [4.78, 5) is 33.9. The number of ether oxygens (including phenoxy) is 1. The van der Waals surface area contributed by atoms with E-state index in [0.717, 1.165) is 0 Å². The number of rotatable bonds is 6. The fourth-order valence-electron chi connectivity index (χ4n) is 1.73. The molecule has 0 aliphatic heterocycles. The zero-order chi connectivity index (χ0) is 17.6. The van der Waals surface area contributed by atoms with Crippen LogP contribution in [0, 0.1) is 15.5 Å². The summed E-state index contributed by atoms with van der Waals surface area (Å²) < 4.78 is 5.13. The maximum absolute atomic E-state index is 12.0. The molecule has 0 fully saturated rings. The first kappa shape index (κ1) is 18.5. The molecule has 0 aromatic heterocycles. The van der Waals surface area contributed by atoms with Crippen LogP contribution < -0.4 is 0 Å². The van der Waals surface area contributed by atoms with Gasteiger partial charge in [0.25, 0.3) is 5.69 Å². The molecule has 0 spiro atoms. The van der Waals surface area contributed by atoms with Crippen molar-refractivity contribution in [1.82, 2.24) is 0 Å². The molecule has 0 radical (unpaired) electrons. The topological polar surface area (TPSA) is 86.5 Å². The Morgan fingerprint density at radius 2 is 1.96 bits per heavy atom. The Balaban J connectivity index is 2.93. The van der Waals surface area contributed by atoms with Gasteiger partial charge in [-0.1, -0.05) is 32.9 Å². The van der Waals surface area contributed by atoms with E-state index in [1.165, 1.54) is 31.2 Å². The minimum absolute atomic E-state index is 0.0143. The van der Waals surface area contributed by atoms with Crippen molar-refractivity contribution < 1.29 is 19.2 Å². The summed E-state index contributed by atoms with van der Waals surface area (Å²) in [7, 11) is 0. The third-order valence-corrected chi connectivity index (χ3v) is 3.08. The molecule has 1 aromatic carbocycles. The lowest BCUT2D eigenvalue weighted by atomic mass is 9.93. The lowest BCUT2D eigenvalue weighted by molar-refractivity contribution is -0.384. The van der Waals surface area contributed by atoms with Crippen LogP contribution in [0.5, 0.6) is 0 Å². The molecule has 0 bridgehead atoms. The number of esters is 1. The summed E-state index contributed by atoms with van der Waals surface area (Å²) in [6.45, 7) is 7.53. The number of hydrogen-bond acceptors (Lipinski definition) is 5. The molecule has 0 unspecified atom stereocenters. The van der Waals surface area contributed by atoms with Crippen LogP contribution in [-0.2, 0) is 14.3 Å². The molecule has 0 amide bonds. The molecule has 0 saturated carbocycles. The summed E-state index contributed by atoms with van der Waals surface area (Å²) in [6.07, 6.45) is 1.98. The largest absolute Gasteiger partial charge is 0.462 e. The summed E-state index contributed by atoms with van der Waals surface area (Å²) in [5, 5.41) is 10.8. The van der Waals surface area contributed by atoms with Crippen LogP contribution in [0.25, 0.3) is 6.08 Å². The van der Waals surface area contributed by atoms with Gasteiger partial charge in [-0.25, -0.2) is 4.79 Å². The Bertz CT molecular complexity index is 641. The maximum Gasteiger partial charge on any atom is 0.341 e. The van der Waals surface area contributed by atoms with Gasteiger partial charge < -0.3 is 4.74 Å². The number of nitrogens with zero attached hydrogens (tertiary/aromatic N) is 1. The van der Waals surface area contributed by atoms with Gasteiger partial charge in [0.2, 0.25) is 0 Å². The molecule has 124 valence electrons. The predicted octanol–water partition coefficient (Wildman–Crippen LogP) is 3.55. The van der Waals surface area contributed by atoms with Gasteiger partial charge in [0.1, 0.15) is 5.57 Å². The molecular weight excluding hydrogens is 298 g/mol. The second-order valence-electron chi connectivity index (χ2n) is 6.41. The van der Waals surface area contributed by atoms with Gasteiger partial charge in [0.05, 0.1) is 11.5 Å². The van der Waals surface area contributed by atoms with E-state index in [9.17, 15) is 19.7 Å². The van der Waals surface area contributed by atoms with Crippen molar-refractivity contribution in [3.05, 3.63) is 45.5 Å². The molecule has 0 heterocycles. The van der Waals surface area contributed by atoms with Gasteiger partial charge in [0.15, 0.2) is 5.78 Å². The molecule has 6 nitrogen and oxygen atoms in total. The van der Waals surface area contributed by atoms with E-state index >= 15 is 0 Å². The monoisotopic (exact) mass is 319 g/mol. The fourth-order valence-corrected chi connectivity index (χ4v) is 1.73. The van der Waals surface area contributed by atoms with Gasteiger partial charge in [-0.3, -0.25) is 14.9 Å². The van der Waals surface area contributed by atoms with Crippen LogP contribution >= 0.6 is 0 Å². The van der Waals surface area contributed by atoms with Crippen LogP contribution in [0.3, 0.4) is 0 Å². The number of non-ortho nitro benzene ring substituents is 1. The van der Waals surface area contributed by atoms with Crippen molar-refractivity contribution in [2.75, 3.05) is 6.61 Å². The standard InChI is InChI=1S/C17H21NO5/c1-12(19)15(16(20)23-9-8-17(2,3)4)11-13-6-5-7-14(10-13)18(21)22/h5-7,10-11H,8-9H2,1-4H3/b15-11+. The molecule has 1 aromatic rings. The third kappa shape index (κ3) is 6.42. The normalized spacial score (nSPS) is 11.9. The quantitative estimate of drug-likeness (QED) is 0.200. The van der Waals surface area contributed by atoms with Crippen LogP contribution in [-0.4, -0.2) is 23.3 Å². The molecular formula is C17H21NO5. The van der Waals surface area contributed by atoms with E-state index in [4.69, 9.17) is 4.74 Å². The SMILES string of the molecule is CC(=O)/C(=C\c1cccc([N+](=O)[O-])c1)C(=O)OCCC(C)(C)C. The first-order valence-electron chi connectivity index (χ1n) is 7.24. The molecule has 0 aliphatic carbocycles. The second-order valence-corrected chi connectivity index (χ2v) is 6.41. The lowest BCUT2D eigenvalue weighted by Gasteiger charge is -2.17. The molecule has 0 saturated heterocycles. The minimum atomic E-state index is -0.715. The van der Waals surface area contributed by atoms with Gasteiger partial charge in [-0.15, -0.1) is 0 Å². The molecule has 0 N–H and O–H groups in total. The van der Waals surface area contributed by atoms with E-state index in [2.05, 4.69) is 0 Å². The minimum Gasteiger partial charge on any atom is -0.462 e. The predicted molar refractivity (Wildman–Crippen MR) is 86.8 cm³/mol. The number of hydrogen-bond donors (Lipinski definition) is 0. The van der Waals surface area contributed by atoms with E-state index in [1.54, 1.807) is 6.07 Å². The van der Waals surface area contributed by atoms with E-state index in [1.807, 2.05) is 20.8 Å². The van der Waals surface area contributed by atoms with E-state index in [0.29, 0.717) is 12.0 Å². The Morgan fingerprint density at radius 1 is 1.30 bits per heavy atom. The number of nitro benzene ring substituents is 1. The molecule has 0 atom stereocenters. The first-order valence-corrected chi connectivity index (χ1v) is 7.24. The number of Topliss-reactive ketones (excluding diaryl/α,β-unsaturated/α-hetero) is 1. The highest BCUT2D eigenvalue weighted by molar-refractivity contribution is 6.19. The summed E-state index contributed by atoms with van der Waals surface area (Å²) in [5.41, 5.74) is 0.180. The van der Waals surface area contributed by atoms with Gasteiger partial charge in [-0.05, 0) is 30.4 Å². The Labute approximate surface area is 135 Å². The highest BCUT2D eigenvalue weighted by Gasteiger charge is 2.18. The van der Waals surface area contributed by atoms with E-state index < -0.39 is 16.7 Å². The number of benzene rings is 1. The van der Waals surface area contributed by atoms with Crippen LogP contribution in [0.1, 0.15) is 39.7 Å². The van der Waals surface area contributed by atoms with Gasteiger partial charge in [0, 0.05) is 12.1 Å². The van der Waals surface area contributed by atoms with Crippen molar-refractivity contribution in [3.8, 4) is 0 Å². The molecule has 0 aliphatic rings. The first-order chi connectivity index (χ1) is 10.6. The third-order valence-electron chi connectivity index (χ3n) is 3.08. The Hall–Kier alpha value is -2.50. The van der Waals surface area contributed by atoms with Gasteiger partial charge >= 0.3 is 5.97 Å². The zero-order valence-electron chi connectivity index (χ0n) is 13.8. The number of nitro groups is 1. The maximum atomic E-state index is 12.0. The van der Waals surface area contributed by atoms with Crippen molar-refractivity contribution >= 4 is 23.5 Å². The van der Waals surface area contributed by atoms with Gasteiger partial charge in [-0.2, -0.15) is 0 Å². The van der Waals surface area contributed by atoms with Crippen molar-refractivity contribution in [3.63, 3.8) is 0 Å². The zero-order valence-corrected chi connectivity index (χ0v) is 13.8. The highest BCUT2D eigenvalue weighted by atomic mass is 16.6. The average Bonchev–Trinajstić information content (AvgIpc) is 2.43. The number of ketones is 1. The molecule has 1 rings (SSSR count). The Morgan fingerprint density at radius 3 is 2.48 bits per heavy atom. The smallest absolute Gasteiger partial charge is 0.341 e. The summed E-state index contributed by atoms with van der Waals surface area (Å²) in [6, 6.07) is 5.71. The number of carbonyl (C=O) groups excluding carboxylic acids is 2. The molecule has 23 heavy (non-hydrogen) atoms. The summed E-state index contributed by atoms with van der Waals surface area (Å²) in [5.74, 6) is -1.16. The summed E-state index contributed by atoms with van der Waals surface area (Å²) >= 11 is 0. The molecule has 6 heteroatoms. The highest BCUT2D eigenvalue weighted by Crippen LogP contribution is 2.19. The van der Waals surface area contributed by atoms with Crippen LogP contribution in [0.4, 0.5) is 5.69 Å². The van der Waals surface area contributed by atoms with E-state index in [-0.39, 0.29) is 23.3 Å². The average molecular weight is 319 g/mol. The van der Waals surface area contributed by atoms with Crippen molar-refractivity contribution in [2.24, 2.45) is 5.41 Å². The van der Waals surface area contributed by atoms with Crippen molar-refractivity contribution in [2.45, 2.75) is 34.1 Å². The second kappa shape index (κ2) is 7.67.